The Morgan fingerprint density at radius 2 is 1.95 bits per heavy atom. The Labute approximate surface area is 112 Å². The predicted octanol–water partition coefficient (Wildman–Crippen LogP) is 0.115. The van der Waals surface area contributed by atoms with Gasteiger partial charge in [0.15, 0.2) is 0 Å². The van der Waals surface area contributed by atoms with Gasteiger partial charge >= 0.3 is 15.6 Å². The van der Waals surface area contributed by atoms with Crippen LogP contribution < -0.4 is 14.4 Å². The molecule has 1 aromatic heterocycles. The lowest BCUT2D eigenvalue weighted by Gasteiger charge is -2.27. The smallest absolute Gasteiger partial charge is 0.355 e. The zero-order chi connectivity index (χ0) is 14.8. The molecule has 0 unspecified atom stereocenters. The van der Waals surface area contributed by atoms with Gasteiger partial charge in [0.05, 0.1) is 0 Å². The van der Waals surface area contributed by atoms with Crippen LogP contribution in [0.5, 0.6) is 5.88 Å². The molecule has 1 aromatic rings. The largest absolute Gasteiger partial charge is 0.534 e. The van der Waals surface area contributed by atoms with Gasteiger partial charge in [-0.25, -0.2) is 4.98 Å². The van der Waals surface area contributed by atoms with Gasteiger partial charge in [-0.3, -0.25) is 0 Å². The first-order valence-electron chi connectivity index (χ1n) is 5.59. The number of anilines is 1. The van der Waals surface area contributed by atoms with E-state index in [1.807, 2.05) is 0 Å². The number of hydrogen-bond donors (Lipinski definition) is 1. The van der Waals surface area contributed by atoms with Crippen LogP contribution in [0.4, 0.5) is 19.1 Å². The molecule has 0 bridgehead atoms. The molecule has 20 heavy (non-hydrogen) atoms. The minimum absolute atomic E-state index is 0.126. The van der Waals surface area contributed by atoms with E-state index >= 15 is 0 Å². The van der Waals surface area contributed by atoms with Gasteiger partial charge in [0, 0.05) is 38.4 Å². The van der Waals surface area contributed by atoms with Gasteiger partial charge in [0.25, 0.3) is 0 Å². The Morgan fingerprint density at radius 3 is 2.55 bits per heavy atom. The van der Waals surface area contributed by atoms with E-state index < -0.39 is 21.5 Å². The van der Waals surface area contributed by atoms with Gasteiger partial charge in [-0.2, -0.15) is 26.6 Å². The van der Waals surface area contributed by atoms with E-state index in [-0.39, 0.29) is 5.95 Å². The third-order valence-electron chi connectivity index (χ3n) is 2.50. The molecule has 1 saturated heterocycles. The third kappa shape index (κ3) is 3.28. The number of hydrogen-bond acceptors (Lipinski definition) is 7. The lowest BCUT2D eigenvalue weighted by molar-refractivity contribution is -0.0501. The van der Waals surface area contributed by atoms with Crippen molar-refractivity contribution >= 4 is 16.1 Å². The van der Waals surface area contributed by atoms with Crippen molar-refractivity contribution in [2.24, 2.45) is 0 Å². The third-order valence-corrected chi connectivity index (χ3v) is 3.45. The maximum atomic E-state index is 12.2. The SMILES string of the molecule is O=S(=O)(Oc1ccnc(N2CCNCC2)n1)C(F)(F)F. The Hall–Kier alpha value is -1.62. The molecule has 0 spiro atoms. The fourth-order valence-corrected chi connectivity index (χ4v) is 1.97. The van der Waals surface area contributed by atoms with Crippen molar-refractivity contribution in [2.45, 2.75) is 5.51 Å². The Morgan fingerprint density at radius 1 is 1.30 bits per heavy atom. The number of piperazine rings is 1. The topological polar surface area (TPSA) is 84.4 Å². The van der Waals surface area contributed by atoms with Crippen molar-refractivity contribution in [3.05, 3.63) is 12.3 Å². The molecule has 0 atom stereocenters. The van der Waals surface area contributed by atoms with Crippen molar-refractivity contribution in [2.75, 3.05) is 31.1 Å². The number of alkyl halides is 3. The Balaban J connectivity index is 2.18. The number of rotatable bonds is 3. The molecule has 2 rings (SSSR count). The lowest BCUT2D eigenvalue weighted by Crippen LogP contribution is -2.44. The predicted molar refractivity (Wildman–Crippen MR) is 62.7 cm³/mol. The highest BCUT2D eigenvalue weighted by atomic mass is 32.2. The van der Waals surface area contributed by atoms with Crippen LogP contribution in [0.2, 0.25) is 0 Å². The summed E-state index contributed by atoms with van der Waals surface area (Å²) in [4.78, 5) is 9.28. The second-order valence-electron chi connectivity index (χ2n) is 3.92. The molecule has 2 heterocycles. The molecular weight excluding hydrogens is 301 g/mol. The molecular formula is C9H11F3N4O3S. The summed E-state index contributed by atoms with van der Waals surface area (Å²) < 4.78 is 62.3. The van der Waals surface area contributed by atoms with E-state index in [4.69, 9.17) is 0 Å². The van der Waals surface area contributed by atoms with E-state index in [2.05, 4.69) is 19.5 Å². The summed E-state index contributed by atoms with van der Waals surface area (Å²) in [6.07, 6.45) is 1.14. The van der Waals surface area contributed by atoms with Gasteiger partial charge in [-0.1, -0.05) is 0 Å². The molecule has 1 aliphatic rings. The lowest BCUT2D eigenvalue weighted by atomic mass is 10.4. The molecule has 1 fully saturated rings. The van der Waals surface area contributed by atoms with Crippen molar-refractivity contribution < 1.29 is 25.8 Å². The van der Waals surface area contributed by atoms with Gasteiger partial charge in [-0.15, -0.1) is 0 Å². The molecule has 11 heteroatoms. The maximum absolute atomic E-state index is 12.2. The molecule has 0 aliphatic carbocycles. The number of nitrogens with one attached hydrogen (secondary N) is 1. The maximum Gasteiger partial charge on any atom is 0.534 e. The molecule has 1 N–H and O–H groups in total. The average Bonchev–Trinajstić information content (AvgIpc) is 2.38. The summed E-state index contributed by atoms with van der Waals surface area (Å²) in [7, 11) is -5.72. The fraction of sp³-hybridized carbons (Fsp3) is 0.556. The van der Waals surface area contributed by atoms with E-state index in [9.17, 15) is 21.6 Å². The first-order chi connectivity index (χ1) is 9.29. The normalized spacial score (nSPS) is 17.1. The quantitative estimate of drug-likeness (QED) is 0.626. The van der Waals surface area contributed by atoms with Crippen molar-refractivity contribution in [1.82, 2.24) is 15.3 Å². The zero-order valence-electron chi connectivity index (χ0n) is 10.1. The monoisotopic (exact) mass is 312 g/mol. The van der Waals surface area contributed by atoms with Crippen molar-refractivity contribution in [1.29, 1.82) is 0 Å². The van der Waals surface area contributed by atoms with Crippen LogP contribution in [-0.4, -0.2) is 50.1 Å². The van der Waals surface area contributed by atoms with Gasteiger partial charge in [0.1, 0.15) is 0 Å². The first-order valence-corrected chi connectivity index (χ1v) is 7.00. The second-order valence-corrected chi connectivity index (χ2v) is 5.45. The van der Waals surface area contributed by atoms with Crippen molar-refractivity contribution in [3.63, 3.8) is 0 Å². The van der Waals surface area contributed by atoms with Crippen LogP contribution in [-0.2, 0) is 10.1 Å². The van der Waals surface area contributed by atoms with E-state index in [1.165, 1.54) is 0 Å². The van der Waals surface area contributed by atoms with Crippen LogP contribution in [0.1, 0.15) is 0 Å². The summed E-state index contributed by atoms with van der Waals surface area (Å²) in [5, 5.41) is 3.08. The van der Waals surface area contributed by atoms with Gasteiger partial charge in [-0.05, 0) is 0 Å². The second kappa shape index (κ2) is 5.40. The fourth-order valence-electron chi connectivity index (χ4n) is 1.56. The van der Waals surface area contributed by atoms with E-state index in [1.54, 1.807) is 4.90 Å². The highest BCUT2D eigenvalue weighted by Gasteiger charge is 2.48. The summed E-state index contributed by atoms with van der Waals surface area (Å²) in [6, 6.07) is 0.953. The van der Waals surface area contributed by atoms with Crippen LogP contribution in [0.25, 0.3) is 0 Å². The summed E-state index contributed by atoms with van der Waals surface area (Å²) in [6.45, 7) is 2.48. The zero-order valence-corrected chi connectivity index (χ0v) is 10.9. The van der Waals surface area contributed by atoms with Gasteiger partial charge < -0.3 is 14.4 Å². The van der Waals surface area contributed by atoms with Crippen molar-refractivity contribution in [3.8, 4) is 5.88 Å². The number of halogens is 3. The van der Waals surface area contributed by atoms with Crippen LogP contribution in [0.3, 0.4) is 0 Å². The molecule has 1 aliphatic heterocycles. The summed E-state index contributed by atoms with van der Waals surface area (Å²) >= 11 is 0. The Kier molecular flexibility index (Phi) is 3.99. The molecule has 0 amide bonds. The highest BCUT2D eigenvalue weighted by Crippen LogP contribution is 2.26. The molecule has 0 radical (unpaired) electrons. The van der Waals surface area contributed by atoms with Crippen LogP contribution in [0, 0.1) is 0 Å². The minimum atomic E-state index is -5.72. The molecule has 112 valence electrons. The standard InChI is InChI=1S/C9H11F3N4O3S/c10-9(11,12)20(17,18)19-7-1-2-14-8(15-7)16-5-3-13-4-6-16/h1-2,13H,3-6H2. The molecule has 7 nitrogen and oxygen atoms in total. The first kappa shape index (κ1) is 14.8. The summed E-state index contributed by atoms with van der Waals surface area (Å²) in [5.74, 6) is -0.535. The molecule has 0 aromatic carbocycles. The minimum Gasteiger partial charge on any atom is -0.355 e. The van der Waals surface area contributed by atoms with Gasteiger partial charge in [0.2, 0.25) is 11.8 Å². The highest BCUT2D eigenvalue weighted by molar-refractivity contribution is 7.87. The van der Waals surface area contributed by atoms with E-state index in [0.29, 0.717) is 26.2 Å². The number of aromatic nitrogens is 2. The average molecular weight is 312 g/mol. The molecule has 0 saturated carbocycles. The van der Waals surface area contributed by atoms with Crippen LogP contribution >= 0.6 is 0 Å². The van der Waals surface area contributed by atoms with E-state index in [0.717, 1.165) is 12.3 Å². The number of nitrogens with zero attached hydrogens (tertiary/aromatic N) is 3. The summed E-state index contributed by atoms with van der Waals surface area (Å²) in [5.41, 5.74) is -5.49. The van der Waals surface area contributed by atoms with Crippen LogP contribution in [0.15, 0.2) is 12.3 Å². The Bertz CT molecular complexity index is 572.